The van der Waals surface area contributed by atoms with E-state index in [9.17, 15) is 46.9 Å². The summed E-state index contributed by atoms with van der Waals surface area (Å²) in [5.41, 5.74) is 0.119. The molecule has 7 N–H and O–H groups in total. The first kappa shape index (κ1) is 38.2. The van der Waals surface area contributed by atoms with Crippen molar-refractivity contribution < 1.29 is 70.2 Å². The predicted molar refractivity (Wildman–Crippen MR) is 153 cm³/mol. The van der Waals surface area contributed by atoms with Crippen molar-refractivity contribution in [3.05, 3.63) is 6.33 Å². The number of hydrogen-bond donors (Lipinski definition) is 7. The zero-order chi connectivity index (χ0) is 33.3. The molecule has 0 bridgehead atoms. The van der Waals surface area contributed by atoms with Gasteiger partial charge >= 0.3 is 33.0 Å². The Bertz CT molecular complexity index is 1470. The monoisotopic (exact) mass is 775 g/mol. The first-order valence-corrected chi connectivity index (χ1v) is 19.6. The number of nitrogens with zero attached hydrogens (tertiary/aromatic N) is 4. The summed E-state index contributed by atoms with van der Waals surface area (Å²) in [5.74, 6) is 0.407. The first-order chi connectivity index (χ1) is 20.1. The van der Waals surface area contributed by atoms with Crippen LogP contribution < -0.4 is 5.32 Å². The van der Waals surface area contributed by atoms with Crippen molar-refractivity contribution in [2.75, 3.05) is 36.2 Å². The van der Waals surface area contributed by atoms with Gasteiger partial charge in [-0.15, -0.1) is 0 Å². The molecule has 17 nitrogen and oxygen atoms in total. The number of anilines is 1. The van der Waals surface area contributed by atoms with Crippen LogP contribution in [0.5, 0.6) is 0 Å². The number of imidazole rings is 1. The highest BCUT2D eigenvalue weighted by molar-refractivity contribution is 7.99. The van der Waals surface area contributed by atoms with Crippen LogP contribution in [-0.2, 0) is 27.3 Å². The van der Waals surface area contributed by atoms with E-state index in [-0.39, 0.29) is 22.1 Å². The molecule has 0 amide bonds. The van der Waals surface area contributed by atoms with E-state index in [0.717, 1.165) is 10.9 Å². The number of nitrogens with one attached hydrogen (secondary N) is 1. The molecule has 6 atom stereocenters. The second-order valence-corrected chi connectivity index (χ2v) is 18.9. The Morgan fingerprint density at radius 2 is 1.77 bits per heavy atom. The van der Waals surface area contributed by atoms with E-state index in [1.165, 1.54) is 11.8 Å². The maximum Gasteiger partial charge on any atom is 0.479 e. The van der Waals surface area contributed by atoms with E-state index in [4.69, 9.17) is 37.7 Å². The lowest BCUT2D eigenvalue weighted by molar-refractivity contribution is -0.129. The van der Waals surface area contributed by atoms with Crippen molar-refractivity contribution in [3.63, 3.8) is 0 Å². The van der Waals surface area contributed by atoms with E-state index in [1.807, 2.05) is 6.26 Å². The minimum atomic E-state index is -5.97. The third-order valence-corrected chi connectivity index (χ3v) is 14.7. The average Bonchev–Trinajstić information content (AvgIpc) is 3.41. The fourth-order valence-corrected chi connectivity index (χ4v) is 8.81. The standard InChI is InChI=1S/C17H25Cl2F3N5O12P3S2/c1-43-5-3-23-12-9-13(26-15(25-12)44-4-2-16(20,21)22)27(7-24-9)14-11(29)10(28)8(38-14)6-37-42(35,36)39-41(33,34)17(18,19)40(30,31)32/h7-8,10-11,14,28-29H,2-6H2,1H3,(H,33,34)(H,35,36)(H,23,25,26)(H2,30,31,32). The van der Waals surface area contributed by atoms with Gasteiger partial charge in [0.1, 0.15) is 18.3 Å². The smallest absolute Gasteiger partial charge is 0.387 e. The molecule has 0 saturated carbocycles. The van der Waals surface area contributed by atoms with Gasteiger partial charge in [-0.25, -0.2) is 23.8 Å². The molecule has 0 aromatic carbocycles. The van der Waals surface area contributed by atoms with E-state index in [1.54, 1.807) is 0 Å². The minimum Gasteiger partial charge on any atom is -0.387 e. The molecule has 1 aliphatic rings. The van der Waals surface area contributed by atoms with E-state index in [2.05, 4.69) is 29.1 Å². The molecule has 6 unspecified atom stereocenters. The zero-order valence-corrected chi connectivity index (χ0v) is 27.7. The number of phosphoric ester groups is 1. The summed E-state index contributed by atoms with van der Waals surface area (Å²) in [4.78, 5) is 50.4. The molecule has 3 rings (SSSR count). The van der Waals surface area contributed by atoms with Crippen LogP contribution in [0.1, 0.15) is 12.6 Å². The minimum absolute atomic E-state index is 0.0191. The SMILES string of the molecule is CSCCNc1nc(SCCC(F)(F)F)nc2c1ncn2C1OC(COP(=O)(O)OP(=O)(O)C(Cl)(Cl)P(=O)(O)O)C(O)C1O. The molecule has 2 aromatic heterocycles. The van der Waals surface area contributed by atoms with Gasteiger partial charge in [0.15, 0.2) is 28.4 Å². The summed E-state index contributed by atoms with van der Waals surface area (Å²) >= 11 is 12.6. The molecule has 1 saturated heterocycles. The van der Waals surface area contributed by atoms with Crippen LogP contribution in [-0.4, -0.2) is 109 Å². The summed E-state index contributed by atoms with van der Waals surface area (Å²) < 4.78 is 85.1. The molecule has 252 valence electrons. The van der Waals surface area contributed by atoms with E-state index < -0.39 is 76.3 Å². The zero-order valence-electron chi connectivity index (χ0n) is 21.9. The molecular formula is C17H25Cl2F3N5O12P3S2. The highest BCUT2D eigenvalue weighted by Gasteiger charge is 2.62. The molecule has 0 aliphatic carbocycles. The fraction of sp³-hybridized carbons (Fsp3) is 0.706. The average molecular weight is 776 g/mol. The number of aliphatic hydroxyl groups is 2. The molecular weight excluding hydrogens is 751 g/mol. The lowest BCUT2D eigenvalue weighted by atomic mass is 10.1. The summed E-state index contributed by atoms with van der Waals surface area (Å²) in [7, 11) is -17.4. The number of phosphoric acid groups is 1. The van der Waals surface area contributed by atoms with Gasteiger partial charge in [0.05, 0.1) is 19.4 Å². The number of halogens is 5. The van der Waals surface area contributed by atoms with Gasteiger partial charge in [0, 0.05) is 18.1 Å². The first-order valence-electron chi connectivity index (χ1n) is 11.7. The third-order valence-electron chi connectivity index (χ3n) is 5.53. The maximum absolute atomic E-state index is 12.7. The van der Waals surface area contributed by atoms with Crippen LogP contribution in [0.25, 0.3) is 11.2 Å². The van der Waals surface area contributed by atoms with Gasteiger partial charge < -0.3 is 39.8 Å². The predicted octanol–water partition coefficient (Wildman–Crippen LogP) is 2.85. The number of ether oxygens (including phenoxy) is 1. The lowest BCUT2D eigenvalue weighted by Gasteiger charge is -2.26. The van der Waals surface area contributed by atoms with Crippen molar-refractivity contribution in [3.8, 4) is 0 Å². The Labute approximate surface area is 264 Å². The van der Waals surface area contributed by atoms with E-state index in [0.29, 0.717) is 24.1 Å². The summed E-state index contributed by atoms with van der Waals surface area (Å²) in [6.07, 6.45) is -9.29. The van der Waals surface area contributed by atoms with Crippen LogP contribution in [0, 0.1) is 0 Å². The Balaban J connectivity index is 1.82. The van der Waals surface area contributed by atoms with Gasteiger partial charge in [0.25, 0.3) is 0 Å². The van der Waals surface area contributed by atoms with Crippen molar-refractivity contribution in [2.24, 2.45) is 0 Å². The largest absolute Gasteiger partial charge is 0.479 e. The molecule has 44 heavy (non-hydrogen) atoms. The number of rotatable bonds is 15. The van der Waals surface area contributed by atoms with Crippen molar-refractivity contribution in [1.82, 2.24) is 19.5 Å². The van der Waals surface area contributed by atoms with Gasteiger partial charge in [-0.1, -0.05) is 35.0 Å². The summed E-state index contributed by atoms with van der Waals surface area (Å²) in [5, 5.41) is 24.1. The Morgan fingerprint density at radius 1 is 1.11 bits per heavy atom. The molecule has 1 aliphatic heterocycles. The molecule has 27 heteroatoms. The molecule has 0 radical (unpaired) electrons. The van der Waals surface area contributed by atoms with Crippen molar-refractivity contribution in [2.45, 2.75) is 46.1 Å². The molecule has 0 spiro atoms. The Hall–Kier alpha value is -0.250. The molecule has 1 fully saturated rings. The van der Waals surface area contributed by atoms with E-state index >= 15 is 0 Å². The van der Waals surface area contributed by atoms with Crippen LogP contribution >= 0.6 is 69.7 Å². The fourth-order valence-electron chi connectivity index (χ4n) is 3.44. The van der Waals surface area contributed by atoms with Gasteiger partial charge in [-0.3, -0.25) is 18.2 Å². The second-order valence-electron chi connectivity index (χ2n) is 8.78. The number of thioether (sulfide) groups is 2. The molecule has 2 aromatic rings. The Morgan fingerprint density at radius 3 is 2.36 bits per heavy atom. The van der Waals surface area contributed by atoms with Crippen LogP contribution in [0.15, 0.2) is 11.5 Å². The maximum atomic E-state index is 12.7. The van der Waals surface area contributed by atoms with Crippen molar-refractivity contribution >= 4 is 86.7 Å². The van der Waals surface area contributed by atoms with Gasteiger partial charge in [-0.05, 0) is 6.26 Å². The van der Waals surface area contributed by atoms with Crippen molar-refractivity contribution in [1.29, 1.82) is 0 Å². The summed E-state index contributed by atoms with van der Waals surface area (Å²) in [6.45, 7) is -0.697. The number of fused-ring (bicyclic) bond motifs is 1. The molecule has 3 heterocycles. The Kier molecular flexibility index (Phi) is 12.6. The topological polar surface area (TPSA) is 256 Å². The van der Waals surface area contributed by atoms with Gasteiger partial charge in [0.2, 0.25) is 0 Å². The lowest BCUT2D eigenvalue weighted by Crippen LogP contribution is -2.33. The number of hydrogen-bond acceptors (Lipinski definition) is 14. The second kappa shape index (κ2) is 14.5. The van der Waals surface area contributed by atoms with Gasteiger partial charge in [-0.2, -0.15) is 24.9 Å². The highest BCUT2D eigenvalue weighted by Crippen LogP contribution is 2.79. The summed E-state index contributed by atoms with van der Waals surface area (Å²) in [6, 6.07) is 0. The van der Waals surface area contributed by atoms with Crippen LogP contribution in [0.2, 0.25) is 0 Å². The normalized spacial score (nSPS) is 24.4. The number of aliphatic hydroxyl groups excluding tert-OH is 2. The van der Waals surface area contributed by atoms with Crippen LogP contribution in [0.3, 0.4) is 0 Å². The third kappa shape index (κ3) is 9.21. The number of aromatic nitrogens is 4. The van der Waals surface area contributed by atoms with Crippen LogP contribution in [0.4, 0.5) is 19.0 Å². The number of alkyl halides is 5. The highest BCUT2D eigenvalue weighted by atomic mass is 35.5. The quantitative estimate of drug-likeness (QED) is 0.0451.